The fraction of sp³-hybridized carbons (Fsp3) is 0.375. The van der Waals surface area contributed by atoms with Crippen LogP contribution in [0.25, 0.3) is 22.2 Å². The Balaban J connectivity index is 1.03. The minimum absolute atomic E-state index is 0.331. The lowest BCUT2D eigenvalue weighted by Gasteiger charge is -2.26. The number of carbonyl (C=O) groups is 2. The lowest BCUT2D eigenvalue weighted by molar-refractivity contribution is -0.645. The molecule has 0 saturated carbocycles. The van der Waals surface area contributed by atoms with Gasteiger partial charge in [0.25, 0.3) is 0 Å². The molecule has 3 aromatic carbocycles. The van der Waals surface area contributed by atoms with E-state index in [4.69, 9.17) is 4.74 Å². The first-order chi connectivity index (χ1) is 19.6. The molecule has 4 aromatic rings. The van der Waals surface area contributed by atoms with E-state index < -0.39 is 0 Å². The number of carbonyl (C=O) groups excluding carboxylic acids is 2. The number of nitrogens with zero attached hydrogens (tertiary/aromatic N) is 4. The number of fused-ring (bicyclic) bond motifs is 1. The molecule has 1 aliphatic heterocycles. The van der Waals surface area contributed by atoms with Crippen molar-refractivity contribution in [3.8, 4) is 16.9 Å². The lowest BCUT2D eigenvalue weighted by Crippen LogP contribution is -2.35. The number of amides is 1. The van der Waals surface area contributed by atoms with Crippen molar-refractivity contribution in [1.82, 2.24) is 14.8 Å². The third kappa shape index (κ3) is 6.68. The smallest absolute Gasteiger partial charge is 0.366 e. The molecule has 1 aromatic heterocycles. The van der Waals surface area contributed by atoms with Gasteiger partial charge in [-0.25, -0.2) is 4.79 Å². The van der Waals surface area contributed by atoms with E-state index in [9.17, 15) is 14.8 Å². The first-order valence-corrected chi connectivity index (χ1v) is 14.3. The van der Waals surface area contributed by atoms with Crippen LogP contribution >= 0.6 is 0 Å². The number of rotatable bonds is 11. The summed E-state index contributed by atoms with van der Waals surface area (Å²) in [4.78, 5) is 27.7. The maximum absolute atomic E-state index is 13.0. The molecule has 0 unspecified atom stereocenters. The zero-order valence-electron chi connectivity index (χ0n) is 22.8. The number of aromatic nitrogens is 3. The molecule has 0 N–H and O–H groups in total. The molecule has 40 heavy (non-hydrogen) atoms. The summed E-state index contributed by atoms with van der Waals surface area (Å²) in [6, 6.07) is 22.1. The molecule has 1 aliphatic rings. The van der Waals surface area contributed by atoms with Gasteiger partial charge in [-0.3, -0.25) is 4.79 Å². The van der Waals surface area contributed by atoms with E-state index in [2.05, 4.69) is 5.21 Å². The van der Waals surface area contributed by atoms with Crippen LogP contribution in [0.2, 0.25) is 0 Å². The molecule has 1 saturated heterocycles. The van der Waals surface area contributed by atoms with Crippen molar-refractivity contribution in [2.45, 2.75) is 57.8 Å². The first-order valence-electron chi connectivity index (χ1n) is 14.3. The Kier molecular flexibility index (Phi) is 9.06. The Morgan fingerprint density at radius 3 is 2.20 bits per heavy atom. The van der Waals surface area contributed by atoms with E-state index in [-0.39, 0.29) is 5.91 Å². The van der Waals surface area contributed by atoms with E-state index >= 15 is 0 Å². The Hall–Kier alpha value is -4.20. The number of likely N-dealkylation sites (tertiary alicyclic amines) is 1. The van der Waals surface area contributed by atoms with Crippen LogP contribution < -0.4 is 9.58 Å². The molecule has 8 nitrogen and oxygen atoms in total. The van der Waals surface area contributed by atoms with Gasteiger partial charge < -0.3 is 14.8 Å². The Morgan fingerprint density at radius 2 is 1.45 bits per heavy atom. The van der Waals surface area contributed by atoms with Crippen molar-refractivity contribution >= 4 is 22.8 Å². The van der Waals surface area contributed by atoms with Crippen LogP contribution in [0.4, 0.5) is 0 Å². The summed E-state index contributed by atoms with van der Waals surface area (Å²) < 4.78 is 7.05. The summed E-state index contributed by atoms with van der Waals surface area (Å²) in [6.07, 6.45) is 9.54. The van der Waals surface area contributed by atoms with Crippen molar-refractivity contribution in [2.24, 2.45) is 0 Å². The lowest BCUT2D eigenvalue weighted by atomic mass is 10.0. The van der Waals surface area contributed by atoms with Gasteiger partial charge in [0.15, 0.2) is 0 Å². The van der Waals surface area contributed by atoms with Crippen LogP contribution in [0.1, 0.15) is 68.1 Å². The fourth-order valence-electron chi connectivity index (χ4n) is 5.20. The molecular weight excluding hydrogens is 504 g/mol. The average Bonchev–Trinajstić information content (AvgIpc) is 3.35. The van der Waals surface area contributed by atoms with Gasteiger partial charge in [-0.05, 0) is 79.6 Å². The fourth-order valence-corrected chi connectivity index (χ4v) is 5.20. The topological polar surface area (TPSA) is 91.4 Å². The number of ether oxygens (including phenoxy) is 1. The summed E-state index contributed by atoms with van der Waals surface area (Å²) in [5.41, 5.74) is 3.28. The second kappa shape index (κ2) is 13.2. The Bertz CT molecular complexity index is 1420. The largest absolute Gasteiger partial charge is 0.691 e. The zero-order chi connectivity index (χ0) is 27.7. The predicted molar refractivity (Wildman–Crippen MR) is 154 cm³/mol. The van der Waals surface area contributed by atoms with Gasteiger partial charge >= 0.3 is 5.91 Å². The van der Waals surface area contributed by atoms with Crippen LogP contribution in [0.3, 0.4) is 0 Å². The second-order valence-corrected chi connectivity index (χ2v) is 10.4. The Morgan fingerprint density at radius 1 is 0.800 bits per heavy atom. The normalized spacial score (nSPS) is 13.4. The van der Waals surface area contributed by atoms with Crippen LogP contribution in [-0.4, -0.2) is 46.3 Å². The SMILES string of the molecule is O=C(CCCCCCCOc1ccc(-c2ccc(C(=O)n3n[n+]([O-])c4ccccc43)cc2)cc1)N1CCCCC1. The van der Waals surface area contributed by atoms with E-state index in [1.54, 1.807) is 36.4 Å². The van der Waals surface area contributed by atoms with Gasteiger partial charge in [0.05, 0.1) is 12.2 Å². The van der Waals surface area contributed by atoms with Gasteiger partial charge in [0.1, 0.15) is 11.0 Å². The monoisotopic (exact) mass is 540 g/mol. The third-order valence-corrected chi connectivity index (χ3v) is 7.51. The molecule has 5 rings (SSSR count). The van der Waals surface area contributed by atoms with Crippen molar-refractivity contribution in [2.75, 3.05) is 19.7 Å². The van der Waals surface area contributed by atoms with Gasteiger partial charge in [-0.2, -0.15) is 0 Å². The van der Waals surface area contributed by atoms with Gasteiger partial charge in [-0.1, -0.05) is 60.3 Å². The number of para-hydroxylation sites is 2. The molecule has 0 atom stereocenters. The summed E-state index contributed by atoms with van der Waals surface area (Å²) in [6.45, 7) is 2.56. The van der Waals surface area contributed by atoms with E-state index in [1.807, 2.05) is 41.3 Å². The van der Waals surface area contributed by atoms with Crippen LogP contribution in [0.5, 0.6) is 5.75 Å². The minimum atomic E-state index is -0.355. The summed E-state index contributed by atoms with van der Waals surface area (Å²) in [5.74, 6) is 0.808. The first kappa shape index (κ1) is 27.4. The number of hydrogen-bond acceptors (Lipinski definition) is 5. The quantitative estimate of drug-likeness (QED) is 0.137. The zero-order valence-corrected chi connectivity index (χ0v) is 22.8. The highest BCUT2D eigenvalue weighted by Gasteiger charge is 2.22. The molecule has 0 bridgehead atoms. The highest BCUT2D eigenvalue weighted by atomic mass is 16.5. The molecule has 208 valence electrons. The van der Waals surface area contributed by atoms with Crippen LogP contribution in [0.15, 0.2) is 72.8 Å². The van der Waals surface area contributed by atoms with Crippen molar-refractivity contribution in [1.29, 1.82) is 0 Å². The standard InChI is InChI=1S/C32H36N4O4/c37-31(34-22-8-4-9-23-34)13-5-2-1-3-10-24-40-28-20-18-26(19-21-28)25-14-16-27(17-15-25)32(38)35-29-11-6-7-12-30(29)36(39)33-35/h6-7,11-12,14-21H,1-5,8-10,13,22-24H2. The molecule has 1 amide bonds. The molecular formula is C32H36N4O4. The van der Waals surface area contributed by atoms with Crippen LogP contribution in [0, 0.1) is 5.21 Å². The number of hydrogen-bond donors (Lipinski definition) is 0. The van der Waals surface area contributed by atoms with Gasteiger partial charge in [0.2, 0.25) is 16.9 Å². The molecule has 0 spiro atoms. The molecule has 0 radical (unpaired) electrons. The molecule has 2 heterocycles. The Labute approximate surface area is 234 Å². The highest BCUT2D eigenvalue weighted by molar-refractivity contribution is 6.00. The maximum atomic E-state index is 13.0. The maximum Gasteiger partial charge on any atom is 0.366 e. The van der Waals surface area contributed by atoms with Gasteiger partial charge in [-0.15, -0.1) is 4.85 Å². The van der Waals surface area contributed by atoms with E-state index in [0.29, 0.717) is 40.4 Å². The van der Waals surface area contributed by atoms with Crippen molar-refractivity contribution in [3.63, 3.8) is 0 Å². The van der Waals surface area contributed by atoms with E-state index in [0.717, 1.165) is 79.6 Å². The van der Waals surface area contributed by atoms with Crippen molar-refractivity contribution < 1.29 is 19.2 Å². The molecule has 0 aliphatic carbocycles. The number of piperidine rings is 1. The highest BCUT2D eigenvalue weighted by Crippen LogP contribution is 2.24. The minimum Gasteiger partial charge on any atom is -0.691 e. The van der Waals surface area contributed by atoms with Crippen LogP contribution in [-0.2, 0) is 4.79 Å². The van der Waals surface area contributed by atoms with Gasteiger partial charge in [0, 0.05) is 19.5 Å². The summed E-state index contributed by atoms with van der Waals surface area (Å²) >= 11 is 0. The third-order valence-electron chi connectivity index (χ3n) is 7.51. The molecule has 1 fully saturated rings. The van der Waals surface area contributed by atoms with Crippen molar-refractivity contribution in [3.05, 3.63) is 83.6 Å². The average molecular weight is 541 g/mol. The summed E-state index contributed by atoms with van der Waals surface area (Å²) in [7, 11) is 0. The second-order valence-electron chi connectivity index (χ2n) is 10.4. The summed E-state index contributed by atoms with van der Waals surface area (Å²) in [5, 5.41) is 15.8. The molecule has 8 heteroatoms. The predicted octanol–water partition coefficient (Wildman–Crippen LogP) is 5.76. The number of unbranched alkanes of at least 4 members (excludes halogenated alkanes) is 4. The van der Waals surface area contributed by atoms with E-state index in [1.165, 1.54) is 6.42 Å². The number of benzene rings is 3.